The number of carbonyl (C=O) groups excluding carboxylic acids is 2. The number of rotatable bonds is 5. The minimum absolute atomic E-state index is 0.125. The van der Waals surface area contributed by atoms with Gasteiger partial charge >= 0.3 is 6.03 Å². The second kappa shape index (κ2) is 9.99. The average molecular weight is 420 g/mol. The molecule has 1 saturated carbocycles. The summed E-state index contributed by atoms with van der Waals surface area (Å²) in [6, 6.07) is 15.4. The molecule has 2 unspecified atom stereocenters. The number of amides is 3. The minimum Gasteiger partial charge on any atom is -0.338 e. The minimum atomic E-state index is -0.228. The first-order chi connectivity index (χ1) is 15.1. The molecule has 5 heteroatoms. The summed E-state index contributed by atoms with van der Waals surface area (Å²) < 4.78 is 0. The number of piperidine rings is 1. The molecule has 2 atom stereocenters. The van der Waals surface area contributed by atoms with Gasteiger partial charge < -0.3 is 15.5 Å². The molecule has 4 rings (SSSR count). The molecular formula is C26H33N3O2. The highest BCUT2D eigenvalue weighted by Crippen LogP contribution is 2.36. The molecule has 2 N–H and O–H groups in total. The first-order valence-electron chi connectivity index (χ1n) is 11.6. The number of hydrogen-bond acceptors (Lipinski definition) is 2. The van der Waals surface area contributed by atoms with Crippen molar-refractivity contribution in [2.75, 3.05) is 25.0 Å². The summed E-state index contributed by atoms with van der Waals surface area (Å²) in [7, 11) is 0. The molecule has 1 aliphatic carbocycles. The van der Waals surface area contributed by atoms with Crippen LogP contribution in [0.25, 0.3) is 0 Å². The van der Waals surface area contributed by atoms with Crippen LogP contribution in [0, 0.1) is 18.8 Å². The van der Waals surface area contributed by atoms with Crippen molar-refractivity contribution in [3.63, 3.8) is 0 Å². The number of hydrogen-bond donors (Lipinski definition) is 2. The average Bonchev–Trinajstić information content (AvgIpc) is 2.79. The van der Waals surface area contributed by atoms with Crippen LogP contribution in [0.3, 0.4) is 0 Å². The van der Waals surface area contributed by atoms with Gasteiger partial charge in [-0.25, -0.2) is 4.79 Å². The van der Waals surface area contributed by atoms with Gasteiger partial charge in [0.15, 0.2) is 0 Å². The van der Waals surface area contributed by atoms with Crippen LogP contribution in [-0.2, 0) is 6.42 Å². The SMILES string of the molecule is Cc1cc(NC(=O)NCCc2ccccc2)ccc1C(=O)N1CCC2CCCCC2C1. The number of carbonyl (C=O) groups is 2. The Balaban J connectivity index is 1.30. The summed E-state index contributed by atoms with van der Waals surface area (Å²) in [6.07, 6.45) is 7.17. The van der Waals surface area contributed by atoms with Crippen LogP contribution in [0.15, 0.2) is 48.5 Å². The second-order valence-electron chi connectivity index (χ2n) is 8.99. The Morgan fingerprint density at radius 1 is 1.00 bits per heavy atom. The predicted molar refractivity (Wildman–Crippen MR) is 124 cm³/mol. The molecule has 1 saturated heterocycles. The quantitative estimate of drug-likeness (QED) is 0.715. The lowest BCUT2D eigenvalue weighted by atomic mass is 9.75. The van der Waals surface area contributed by atoms with Crippen LogP contribution in [0.1, 0.15) is 53.6 Å². The van der Waals surface area contributed by atoms with E-state index in [1.807, 2.05) is 48.2 Å². The Labute approximate surface area is 185 Å². The predicted octanol–water partition coefficient (Wildman–Crippen LogP) is 5.01. The number of aryl methyl sites for hydroxylation is 1. The van der Waals surface area contributed by atoms with E-state index in [4.69, 9.17) is 0 Å². The van der Waals surface area contributed by atoms with Crippen molar-refractivity contribution in [3.8, 4) is 0 Å². The standard InChI is InChI=1S/C26H33N3O2/c1-19-17-23(28-26(31)27-15-13-20-7-3-2-4-8-20)11-12-24(19)25(30)29-16-14-21-9-5-6-10-22(21)18-29/h2-4,7-8,11-12,17,21-22H,5-6,9-10,13-16,18H2,1H3,(H2,27,28,31). The number of nitrogens with zero attached hydrogens (tertiary/aromatic N) is 1. The molecule has 2 aromatic rings. The summed E-state index contributed by atoms with van der Waals surface area (Å²) in [4.78, 5) is 27.4. The molecule has 31 heavy (non-hydrogen) atoms. The molecule has 5 nitrogen and oxygen atoms in total. The van der Waals surface area contributed by atoms with Crippen molar-refractivity contribution in [2.24, 2.45) is 11.8 Å². The van der Waals surface area contributed by atoms with Crippen LogP contribution in [0.5, 0.6) is 0 Å². The number of fused-ring (bicyclic) bond motifs is 1. The zero-order valence-corrected chi connectivity index (χ0v) is 18.4. The molecule has 1 heterocycles. The summed E-state index contributed by atoms with van der Waals surface area (Å²) in [5.74, 6) is 1.61. The molecule has 2 aromatic carbocycles. The largest absolute Gasteiger partial charge is 0.338 e. The van der Waals surface area contributed by atoms with Crippen molar-refractivity contribution < 1.29 is 9.59 Å². The van der Waals surface area contributed by atoms with Crippen molar-refractivity contribution in [3.05, 3.63) is 65.2 Å². The number of likely N-dealkylation sites (tertiary alicyclic amines) is 1. The van der Waals surface area contributed by atoms with E-state index in [2.05, 4.69) is 22.8 Å². The summed E-state index contributed by atoms with van der Waals surface area (Å²) >= 11 is 0. The van der Waals surface area contributed by atoms with Gasteiger partial charge in [0.05, 0.1) is 0 Å². The Morgan fingerprint density at radius 2 is 1.77 bits per heavy atom. The Bertz CT molecular complexity index is 912. The van der Waals surface area contributed by atoms with E-state index in [9.17, 15) is 9.59 Å². The summed E-state index contributed by atoms with van der Waals surface area (Å²) in [6.45, 7) is 4.28. The number of benzene rings is 2. The Kier molecular flexibility index (Phi) is 6.90. The first-order valence-corrected chi connectivity index (χ1v) is 11.6. The molecule has 0 spiro atoms. The highest BCUT2D eigenvalue weighted by Gasteiger charge is 2.33. The monoisotopic (exact) mass is 419 g/mol. The van der Waals surface area contributed by atoms with Crippen molar-refractivity contribution in [2.45, 2.75) is 45.4 Å². The summed E-state index contributed by atoms with van der Waals surface area (Å²) in [5.41, 5.74) is 3.54. The fraction of sp³-hybridized carbons (Fsp3) is 0.462. The zero-order valence-electron chi connectivity index (χ0n) is 18.4. The van der Waals surface area contributed by atoms with Gasteiger partial charge in [-0.05, 0) is 67.3 Å². The molecule has 0 aromatic heterocycles. The van der Waals surface area contributed by atoms with Crippen LogP contribution in [0.4, 0.5) is 10.5 Å². The van der Waals surface area contributed by atoms with E-state index >= 15 is 0 Å². The highest BCUT2D eigenvalue weighted by molar-refractivity contribution is 5.97. The maximum Gasteiger partial charge on any atom is 0.319 e. The van der Waals surface area contributed by atoms with Gasteiger partial charge in [-0.3, -0.25) is 4.79 Å². The maximum absolute atomic E-state index is 13.1. The molecule has 2 fully saturated rings. The molecular weight excluding hydrogens is 386 g/mol. The van der Waals surface area contributed by atoms with Crippen LogP contribution in [-0.4, -0.2) is 36.5 Å². The van der Waals surface area contributed by atoms with Crippen LogP contribution < -0.4 is 10.6 Å². The van der Waals surface area contributed by atoms with Gasteiger partial charge in [0.25, 0.3) is 5.91 Å². The van der Waals surface area contributed by atoms with Crippen LogP contribution >= 0.6 is 0 Å². The third kappa shape index (κ3) is 5.46. The number of urea groups is 1. The second-order valence-corrected chi connectivity index (χ2v) is 8.99. The molecule has 164 valence electrons. The van der Waals surface area contributed by atoms with Gasteiger partial charge in [0.2, 0.25) is 0 Å². The normalized spacial score (nSPS) is 20.6. The van der Waals surface area contributed by atoms with E-state index in [-0.39, 0.29) is 11.9 Å². The molecule has 1 aliphatic heterocycles. The van der Waals surface area contributed by atoms with E-state index in [1.165, 1.54) is 31.2 Å². The lowest BCUT2D eigenvalue weighted by molar-refractivity contribution is 0.0520. The fourth-order valence-corrected chi connectivity index (χ4v) is 5.08. The first kappa shape index (κ1) is 21.4. The third-order valence-corrected chi connectivity index (χ3v) is 6.84. The maximum atomic E-state index is 13.1. The Hall–Kier alpha value is -2.82. The van der Waals surface area contributed by atoms with Crippen molar-refractivity contribution in [1.29, 1.82) is 0 Å². The van der Waals surface area contributed by atoms with E-state index < -0.39 is 0 Å². The van der Waals surface area contributed by atoms with Gasteiger partial charge in [0.1, 0.15) is 0 Å². The van der Waals surface area contributed by atoms with Crippen molar-refractivity contribution in [1.82, 2.24) is 10.2 Å². The molecule has 0 radical (unpaired) electrons. The smallest absolute Gasteiger partial charge is 0.319 e. The van der Waals surface area contributed by atoms with Crippen molar-refractivity contribution >= 4 is 17.6 Å². The topological polar surface area (TPSA) is 61.4 Å². The highest BCUT2D eigenvalue weighted by atomic mass is 16.2. The van der Waals surface area contributed by atoms with Crippen LogP contribution in [0.2, 0.25) is 0 Å². The number of nitrogens with one attached hydrogen (secondary N) is 2. The van der Waals surface area contributed by atoms with Gasteiger partial charge in [-0.15, -0.1) is 0 Å². The zero-order chi connectivity index (χ0) is 21.6. The van der Waals surface area contributed by atoms with Gasteiger partial charge in [-0.1, -0.05) is 49.6 Å². The summed E-state index contributed by atoms with van der Waals surface area (Å²) in [5, 5.41) is 5.77. The Morgan fingerprint density at radius 3 is 2.55 bits per heavy atom. The number of anilines is 1. The van der Waals surface area contributed by atoms with E-state index in [1.54, 1.807) is 0 Å². The lowest BCUT2D eigenvalue weighted by Gasteiger charge is -2.41. The fourth-order valence-electron chi connectivity index (χ4n) is 5.08. The molecule has 2 aliphatic rings. The third-order valence-electron chi connectivity index (χ3n) is 6.84. The molecule has 3 amide bonds. The van der Waals surface area contributed by atoms with E-state index in [0.717, 1.165) is 43.0 Å². The lowest BCUT2D eigenvalue weighted by Crippen LogP contribution is -2.44. The molecule has 0 bridgehead atoms. The van der Waals surface area contributed by atoms with Gasteiger partial charge in [-0.2, -0.15) is 0 Å². The van der Waals surface area contributed by atoms with E-state index in [0.29, 0.717) is 18.2 Å². The van der Waals surface area contributed by atoms with Gasteiger partial charge in [0, 0.05) is 30.9 Å².